The summed E-state index contributed by atoms with van der Waals surface area (Å²) in [6.45, 7) is 1.26. The predicted molar refractivity (Wildman–Crippen MR) is 119 cm³/mol. The number of nitrogen functional groups attached to an aromatic ring is 1. The number of fused-ring (bicyclic) bond motifs is 1. The first kappa shape index (κ1) is 26.6. The molecule has 8 nitrogen and oxygen atoms in total. The van der Waals surface area contributed by atoms with Gasteiger partial charge in [0.2, 0.25) is 5.88 Å². The fourth-order valence-electron chi connectivity index (χ4n) is 3.81. The monoisotopic (exact) mass is 542 g/mol. The highest BCUT2D eigenvalue weighted by atomic mass is 19.4. The zero-order chi connectivity index (χ0) is 28.0. The number of aromatic nitrogens is 4. The van der Waals surface area contributed by atoms with E-state index < -0.39 is 58.1 Å². The van der Waals surface area contributed by atoms with E-state index in [1.807, 2.05) is 0 Å². The van der Waals surface area contributed by atoms with Gasteiger partial charge >= 0.3 is 12.4 Å². The molecule has 0 fully saturated rings. The molecular weight excluding hydrogens is 525 g/mol. The highest BCUT2D eigenvalue weighted by Gasteiger charge is 2.37. The van der Waals surface area contributed by atoms with Gasteiger partial charge in [0.1, 0.15) is 23.2 Å². The van der Waals surface area contributed by atoms with E-state index in [1.165, 1.54) is 14.0 Å². The summed E-state index contributed by atoms with van der Waals surface area (Å²) in [6, 6.07) is 2.44. The van der Waals surface area contributed by atoms with Gasteiger partial charge in [-0.15, -0.1) is 0 Å². The van der Waals surface area contributed by atoms with Crippen LogP contribution in [0.2, 0.25) is 0 Å². The lowest BCUT2D eigenvalue weighted by molar-refractivity contribution is -0.138. The average Bonchev–Trinajstić information content (AvgIpc) is 3.25. The largest absolute Gasteiger partial charge is 0.480 e. The van der Waals surface area contributed by atoms with E-state index in [1.54, 1.807) is 0 Å². The van der Waals surface area contributed by atoms with E-state index in [4.69, 9.17) is 10.5 Å². The van der Waals surface area contributed by atoms with Crippen LogP contribution in [0.15, 0.2) is 42.9 Å². The van der Waals surface area contributed by atoms with Crippen LogP contribution in [0.4, 0.5) is 36.6 Å². The van der Waals surface area contributed by atoms with Crippen LogP contribution in [0.25, 0.3) is 16.8 Å². The average molecular weight is 542 g/mol. The van der Waals surface area contributed by atoms with Crippen LogP contribution in [0.5, 0.6) is 5.88 Å². The highest BCUT2D eigenvalue weighted by Crippen LogP contribution is 2.39. The Bertz CT molecular complexity index is 1530. The lowest BCUT2D eigenvalue weighted by atomic mass is 10.0. The van der Waals surface area contributed by atoms with Gasteiger partial charge in [0.25, 0.3) is 5.91 Å². The van der Waals surface area contributed by atoms with Crippen molar-refractivity contribution < 1.29 is 40.3 Å². The molecule has 0 aliphatic heterocycles. The Labute approximate surface area is 209 Å². The van der Waals surface area contributed by atoms with Gasteiger partial charge in [0, 0.05) is 17.3 Å². The second kappa shape index (κ2) is 9.46. The van der Waals surface area contributed by atoms with Gasteiger partial charge in [-0.2, -0.15) is 31.4 Å². The van der Waals surface area contributed by atoms with Gasteiger partial charge in [-0.1, -0.05) is 0 Å². The number of hydrogen-bond donors (Lipinski definition) is 2. The molecule has 38 heavy (non-hydrogen) atoms. The quantitative estimate of drug-likeness (QED) is 0.342. The van der Waals surface area contributed by atoms with Crippen LogP contribution in [0.3, 0.4) is 0 Å². The number of nitrogens with two attached hydrogens (primary N) is 1. The van der Waals surface area contributed by atoms with Gasteiger partial charge in [-0.3, -0.25) is 4.79 Å². The van der Waals surface area contributed by atoms with Crippen molar-refractivity contribution in [2.45, 2.75) is 25.3 Å². The molecule has 3 aromatic heterocycles. The number of benzene rings is 1. The Kier molecular flexibility index (Phi) is 6.63. The summed E-state index contributed by atoms with van der Waals surface area (Å²) in [5.74, 6) is -2.60. The zero-order valence-electron chi connectivity index (χ0n) is 19.4. The number of carbonyl (C=O) groups is 1. The first-order valence-corrected chi connectivity index (χ1v) is 10.6. The van der Waals surface area contributed by atoms with Crippen molar-refractivity contribution in [2.75, 3.05) is 12.8 Å². The number of anilines is 1. The number of nitrogens with zero attached hydrogens (tertiary/aromatic N) is 4. The van der Waals surface area contributed by atoms with Crippen LogP contribution in [0.1, 0.15) is 40.0 Å². The van der Waals surface area contributed by atoms with Crippen molar-refractivity contribution in [1.82, 2.24) is 24.9 Å². The molecule has 3 N–H and O–H groups in total. The fraction of sp³-hybridized carbons (Fsp3) is 0.217. The van der Waals surface area contributed by atoms with Crippen LogP contribution in [0, 0.1) is 5.82 Å². The predicted octanol–water partition coefficient (Wildman–Crippen LogP) is 5.05. The first-order chi connectivity index (χ1) is 17.7. The van der Waals surface area contributed by atoms with Crippen molar-refractivity contribution in [3.05, 3.63) is 70.9 Å². The minimum Gasteiger partial charge on any atom is -0.480 e. The maximum Gasteiger partial charge on any atom is 0.418 e. The van der Waals surface area contributed by atoms with E-state index in [2.05, 4.69) is 20.4 Å². The van der Waals surface area contributed by atoms with E-state index in [9.17, 15) is 35.5 Å². The van der Waals surface area contributed by atoms with Crippen LogP contribution >= 0.6 is 0 Å². The van der Waals surface area contributed by atoms with E-state index in [0.717, 1.165) is 29.2 Å². The highest BCUT2D eigenvalue weighted by molar-refractivity contribution is 5.98. The number of pyridine rings is 1. The zero-order valence-corrected chi connectivity index (χ0v) is 19.4. The van der Waals surface area contributed by atoms with Gasteiger partial charge in [0.05, 0.1) is 30.0 Å². The molecule has 0 aliphatic rings. The van der Waals surface area contributed by atoms with Gasteiger partial charge in [-0.25, -0.2) is 18.9 Å². The summed E-state index contributed by atoms with van der Waals surface area (Å²) < 4.78 is 101. The van der Waals surface area contributed by atoms with Crippen LogP contribution in [-0.4, -0.2) is 32.6 Å². The molecular formula is C23H17F7N6O2. The number of methoxy groups -OCH3 is 1. The van der Waals surface area contributed by atoms with Gasteiger partial charge < -0.3 is 15.8 Å². The van der Waals surface area contributed by atoms with Gasteiger partial charge in [0.15, 0.2) is 5.82 Å². The van der Waals surface area contributed by atoms with E-state index in [-0.39, 0.29) is 22.7 Å². The maximum absolute atomic E-state index is 14.3. The number of carbonyl (C=O) groups excluding carboxylic acids is 1. The minimum absolute atomic E-state index is 0.00236. The second-order valence-corrected chi connectivity index (χ2v) is 8.06. The second-order valence-electron chi connectivity index (χ2n) is 8.06. The summed E-state index contributed by atoms with van der Waals surface area (Å²) in [6.07, 6.45) is -7.48. The fourth-order valence-corrected chi connectivity index (χ4v) is 3.81. The molecule has 0 spiro atoms. The molecule has 200 valence electrons. The van der Waals surface area contributed by atoms with Crippen LogP contribution in [-0.2, 0) is 12.4 Å². The minimum atomic E-state index is -4.81. The summed E-state index contributed by atoms with van der Waals surface area (Å²) >= 11 is 0. The molecule has 1 amide bonds. The Hall–Kier alpha value is -4.43. The Morgan fingerprint density at radius 2 is 1.79 bits per heavy atom. The molecule has 0 saturated heterocycles. The normalized spacial score (nSPS) is 13.0. The molecule has 1 atom stereocenters. The van der Waals surface area contributed by atoms with Crippen molar-refractivity contribution in [1.29, 1.82) is 0 Å². The smallest absolute Gasteiger partial charge is 0.418 e. The topological polar surface area (TPSA) is 107 Å². The molecule has 4 aromatic rings. The molecule has 15 heteroatoms. The third-order valence-corrected chi connectivity index (χ3v) is 5.61. The number of alkyl halides is 6. The summed E-state index contributed by atoms with van der Waals surface area (Å²) in [4.78, 5) is 20.6. The number of rotatable bonds is 5. The molecule has 0 aliphatic carbocycles. The Balaban J connectivity index is 1.75. The molecule has 4 rings (SSSR count). The Morgan fingerprint density at radius 3 is 2.42 bits per heavy atom. The summed E-state index contributed by atoms with van der Waals surface area (Å²) in [5.41, 5.74) is 2.05. The molecule has 0 unspecified atom stereocenters. The first-order valence-electron chi connectivity index (χ1n) is 10.6. The van der Waals surface area contributed by atoms with Gasteiger partial charge in [-0.05, 0) is 37.3 Å². The SMILES string of the molecule is COc1ncc(-c2cc(C(F)(F)F)c3c(N)ncnn23)cc1C(=O)N[C@H](C)c1cc(C(F)(F)F)ccc1F. The maximum atomic E-state index is 14.3. The molecule has 0 radical (unpaired) electrons. The number of halogens is 7. The number of hydrogen-bond acceptors (Lipinski definition) is 6. The lowest BCUT2D eigenvalue weighted by Gasteiger charge is -2.18. The molecule has 1 aromatic carbocycles. The van der Waals surface area contributed by atoms with Crippen molar-refractivity contribution in [2.24, 2.45) is 0 Å². The Morgan fingerprint density at radius 1 is 1.08 bits per heavy atom. The summed E-state index contributed by atoms with van der Waals surface area (Å²) in [5, 5.41) is 6.19. The molecule has 0 bridgehead atoms. The van der Waals surface area contributed by atoms with E-state index in [0.29, 0.717) is 18.2 Å². The summed E-state index contributed by atoms with van der Waals surface area (Å²) in [7, 11) is 1.18. The standard InChI is InChI=1S/C23H17F7N6O2/c1-10(13-6-12(22(25,26)27)3-4-16(13)24)35-20(37)14-5-11(8-32-21(14)38-2)17-7-15(23(28,29)30)18-19(31)33-9-34-36(17)18/h3-10H,1-2H3,(H,35,37)(H2,31,33,34)/t10-/m1/s1. The molecule has 3 heterocycles. The van der Waals surface area contributed by atoms with E-state index >= 15 is 0 Å². The molecule has 0 saturated carbocycles. The van der Waals surface area contributed by atoms with Crippen LogP contribution < -0.4 is 15.8 Å². The number of amides is 1. The lowest BCUT2D eigenvalue weighted by Crippen LogP contribution is -2.28. The number of nitrogens with one attached hydrogen (secondary N) is 1. The number of ether oxygens (including phenoxy) is 1. The third kappa shape index (κ3) is 4.90. The van der Waals surface area contributed by atoms with Crippen molar-refractivity contribution in [3.63, 3.8) is 0 Å². The third-order valence-electron chi connectivity index (χ3n) is 5.61. The van der Waals surface area contributed by atoms with Crippen molar-refractivity contribution >= 4 is 17.2 Å². The van der Waals surface area contributed by atoms with Crippen molar-refractivity contribution in [3.8, 4) is 17.1 Å².